The molecule has 118 valence electrons. The lowest BCUT2D eigenvalue weighted by atomic mass is 10.0. The zero-order valence-corrected chi connectivity index (χ0v) is 15.0. The number of nitrogens with one attached hydrogen (secondary N) is 1. The molecule has 1 aromatic rings. The van der Waals surface area contributed by atoms with Crippen LogP contribution in [0.2, 0.25) is 0 Å². The molecule has 2 nitrogen and oxygen atoms in total. The van der Waals surface area contributed by atoms with Crippen molar-refractivity contribution in [3.8, 4) is 0 Å². The molecule has 0 saturated heterocycles. The smallest absolute Gasteiger partial charge is 0.233 e. The first-order chi connectivity index (χ1) is 9.76. The molecule has 0 fully saturated rings. The van der Waals surface area contributed by atoms with E-state index in [9.17, 15) is 4.79 Å². The molecule has 0 bridgehead atoms. The Morgan fingerprint density at radius 3 is 2.43 bits per heavy atom. The van der Waals surface area contributed by atoms with Gasteiger partial charge < -0.3 is 5.32 Å². The first-order valence-electron chi connectivity index (χ1n) is 7.75. The van der Waals surface area contributed by atoms with Crippen LogP contribution in [-0.2, 0) is 10.5 Å². The van der Waals surface area contributed by atoms with Gasteiger partial charge in [-0.05, 0) is 44.2 Å². The van der Waals surface area contributed by atoms with E-state index in [1.807, 2.05) is 0 Å². The van der Waals surface area contributed by atoms with Crippen LogP contribution >= 0.6 is 11.8 Å². The number of hydrogen-bond donors (Lipinski definition) is 1. The molecule has 0 heterocycles. The molecule has 1 aromatic carbocycles. The van der Waals surface area contributed by atoms with Crippen LogP contribution < -0.4 is 5.32 Å². The molecule has 0 aliphatic carbocycles. The third-order valence-electron chi connectivity index (χ3n) is 3.89. The van der Waals surface area contributed by atoms with Crippen molar-refractivity contribution in [1.82, 2.24) is 5.32 Å². The van der Waals surface area contributed by atoms with E-state index in [1.54, 1.807) is 11.8 Å². The standard InChI is InChI=1S/C18H29NOS/c1-7-18(5,6)19-17(20)16(13(2)3)21-12-15-11-9-8-10-14(15)4/h8-11,13,16H,7,12H2,1-6H3,(H,19,20). The Labute approximate surface area is 134 Å². The van der Waals surface area contributed by atoms with Gasteiger partial charge in [-0.15, -0.1) is 11.8 Å². The maximum Gasteiger partial charge on any atom is 0.233 e. The minimum absolute atomic E-state index is 0.00423. The number of rotatable bonds is 7. The van der Waals surface area contributed by atoms with Gasteiger partial charge in [-0.3, -0.25) is 4.79 Å². The summed E-state index contributed by atoms with van der Waals surface area (Å²) in [5.74, 6) is 1.37. The van der Waals surface area contributed by atoms with Crippen LogP contribution in [-0.4, -0.2) is 16.7 Å². The van der Waals surface area contributed by atoms with Gasteiger partial charge >= 0.3 is 0 Å². The fraction of sp³-hybridized carbons (Fsp3) is 0.611. The lowest BCUT2D eigenvalue weighted by molar-refractivity contribution is -0.122. The third-order valence-corrected chi connectivity index (χ3v) is 5.48. The van der Waals surface area contributed by atoms with E-state index < -0.39 is 0 Å². The Morgan fingerprint density at radius 2 is 1.90 bits per heavy atom. The van der Waals surface area contributed by atoms with Gasteiger partial charge in [-0.2, -0.15) is 0 Å². The molecule has 1 rings (SSSR count). The molecular formula is C18H29NOS. The van der Waals surface area contributed by atoms with E-state index in [2.05, 4.69) is 71.1 Å². The highest BCUT2D eigenvalue weighted by Crippen LogP contribution is 2.26. The number of aryl methyl sites for hydroxylation is 1. The van der Waals surface area contributed by atoms with Gasteiger partial charge in [0, 0.05) is 11.3 Å². The van der Waals surface area contributed by atoms with Crippen molar-refractivity contribution in [1.29, 1.82) is 0 Å². The first kappa shape index (κ1) is 18.1. The van der Waals surface area contributed by atoms with Crippen LogP contribution in [0.25, 0.3) is 0 Å². The van der Waals surface area contributed by atoms with Gasteiger partial charge in [0.2, 0.25) is 5.91 Å². The highest BCUT2D eigenvalue weighted by Gasteiger charge is 2.27. The van der Waals surface area contributed by atoms with Gasteiger partial charge in [0.15, 0.2) is 0 Å². The zero-order chi connectivity index (χ0) is 16.0. The normalized spacial score (nSPS) is 13.3. The summed E-state index contributed by atoms with van der Waals surface area (Å²) in [6.07, 6.45) is 0.937. The molecule has 1 amide bonds. The Hall–Kier alpha value is -0.960. The van der Waals surface area contributed by atoms with E-state index in [0.29, 0.717) is 5.92 Å². The van der Waals surface area contributed by atoms with Crippen LogP contribution in [0.5, 0.6) is 0 Å². The second-order valence-corrected chi connectivity index (χ2v) is 7.76. The summed E-state index contributed by atoms with van der Waals surface area (Å²) >= 11 is 1.74. The minimum Gasteiger partial charge on any atom is -0.350 e. The number of benzene rings is 1. The van der Waals surface area contributed by atoms with Gasteiger partial charge in [0.1, 0.15) is 0 Å². The summed E-state index contributed by atoms with van der Waals surface area (Å²) in [5.41, 5.74) is 2.48. The largest absolute Gasteiger partial charge is 0.350 e. The lowest BCUT2D eigenvalue weighted by Crippen LogP contribution is -2.47. The van der Waals surface area contributed by atoms with Crippen molar-refractivity contribution in [2.75, 3.05) is 0 Å². The van der Waals surface area contributed by atoms with Crippen LogP contribution in [0.1, 0.15) is 52.2 Å². The Kier molecular flexibility index (Phi) is 6.79. The van der Waals surface area contributed by atoms with Gasteiger partial charge in [-0.25, -0.2) is 0 Å². The van der Waals surface area contributed by atoms with Crippen molar-refractivity contribution in [2.45, 2.75) is 64.5 Å². The second kappa shape index (κ2) is 7.88. The summed E-state index contributed by atoms with van der Waals surface area (Å²) in [4.78, 5) is 12.5. The molecule has 0 saturated carbocycles. The van der Waals surface area contributed by atoms with Crippen LogP contribution in [0.3, 0.4) is 0 Å². The summed E-state index contributed by atoms with van der Waals surface area (Å²) in [5, 5.41) is 3.17. The lowest BCUT2D eigenvalue weighted by Gasteiger charge is -2.29. The predicted molar refractivity (Wildman–Crippen MR) is 93.6 cm³/mol. The van der Waals surface area contributed by atoms with E-state index >= 15 is 0 Å². The zero-order valence-electron chi connectivity index (χ0n) is 14.2. The summed E-state index contributed by atoms with van der Waals surface area (Å²) < 4.78 is 0. The molecule has 0 spiro atoms. The molecule has 1 unspecified atom stereocenters. The highest BCUT2D eigenvalue weighted by molar-refractivity contribution is 7.99. The quantitative estimate of drug-likeness (QED) is 0.800. The predicted octanol–water partition coefficient (Wildman–Crippen LogP) is 4.56. The molecule has 0 radical (unpaired) electrons. The molecule has 3 heteroatoms. The topological polar surface area (TPSA) is 29.1 Å². The van der Waals surface area contributed by atoms with Gasteiger partial charge in [0.25, 0.3) is 0 Å². The molecule has 1 atom stereocenters. The molecule has 21 heavy (non-hydrogen) atoms. The highest BCUT2D eigenvalue weighted by atomic mass is 32.2. The molecule has 0 aromatic heterocycles. The maximum absolute atomic E-state index is 12.5. The number of thioether (sulfide) groups is 1. The van der Waals surface area contributed by atoms with E-state index in [-0.39, 0.29) is 16.7 Å². The monoisotopic (exact) mass is 307 g/mol. The van der Waals surface area contributed by atoms with Crippen molar-refractivity contribution >= 4 is 17.7 Å². The number of carbonyl (C=O) groups excluding carboxylic acids is 1. The minimum atomic E-state index is -0.132. The first-order valence-corrected chi connectivity index (χ1v) is 8.80. The van der Waals surface area contributed by atoms with Crippen molar-refractivity contribution in [2.24, 2.45) is 5.92 Å². The van der Waals surface area contributed by atoms with Crippen LogP contribution in [0.4, 0.5) is 0 Å². The van der Waals surface area contributed by atoms with Crippen molar-refractivity contribution in [3.05, 3.63) is 35.4 Å². The van der Waals surface area contributed by atoms with E-state index in [0.717, 1.165) is 12.2 Å². The third kappa shape index (κ3) is 5.74. The number of carbonyl (C=O) groups is 1. The average molecular weight is 308 g/mol. The SMILES string of the molecule is CCC(C)(C)NC(=O)C(SCc1ccccc1C)C(C)C. The summed E-state index contributed by atoms with van der Waals surface area (Å²) in [6, 6.07) is 8.39. The summed E-state index contributed by atoms with van der Waals surface area (Å²) in [6.45, 7) is 12.6. The summed E-state index contributed by atoms with van der Waals surface area (Å²) in [7, 11) is 0. The average Bonchev–Trinajstić information content (AvgIpc) is 2.40. The number of amides is 1. The van der Waals surface area contributed by atoms with Crippen LogP contribution in [0.15, 0.2) is 24.3 Å². The molecule has 0 aliphatic heterocycles. The fourth-order valence-corrected chi connectivity index (χ4v) is 3.29. The fourth-order valence-electron chi connectivity index (χ4n) is 2.02. The number of hydrogen-bond acceptors (Lipinski definition) is 2. The van der Waals surface area contributed by atoms with Crippen molar-refractivity contribution in [3.63, 3.8) is 0 Å². The molecule has 1 N–H and O–H groups in total. The van der Waals surface area contributed by atoms with E-state index in [1.165, 1.54) is 11.1 Å². The molecule has 0 aliphatic rings. The Balaban J connectivity index is 2.70. The van der Waals surface area contributed by atoms with Crippen molar-refractivity contribution < 1.29 is 4.79 Å². The second-order valence-electron chi connectivity index (χ2n) is 6.63. The van der Waals surface area contributed by atoms with Crippen LogP contribution in [0, 0.1) is 12.8 Å². The molecular weight excluding hydrogens is 278 g/mol. The van der Waals surface area contributed by atoms with Gasteiger partial charge in [0.05, 0.1) is 5.25 Å². The van der Waals surface area contributed by atoms with Gasteiger partial charge in [-0.1, -0.05) is 45.0 Å². The van der Waals surface area contributed by atoms with E-state index in [4.69, 9.17) is 0 Å². The Morgan fingerprint density at radius 1 is 1.29 bits per heavy atom. The Bertz CT molecular complexity index is 468. The maximum atomic E-state index is 12.5.